The summed E-state index contributed by atoms with van der Waals surface area (Å²) < 4.78 is 12.3. The Bertz CT molecular complexity index is 4380. The first kappa shape index (κ1) is 69.9. The minimum absolute atomic E-state index is 0.0503. The van der Waals surface area contributed by atoms with Crippen molar-refractivity contribution in [2.24, 2.45) is 5.41 Å². The number of amides is 4. The van der Waals surface area contributed by atoms with Gasteiger partial charge in [0.25, 0.3) is 28.8 Å². The lowest BCUT2D eigenvalue weighted by Gasteiger charge is -2.47. The number of ether oxygens (including phenoxy) is 1. The summed E-state index contributed by atoms with van der Waals surface area (Å²) in [5, 5.41) is 12.9. The highest BCUT2D eigenvalue weighted by atomic mass is 79.9. The summed E-state index contributed by atoms with van der Waals surface area (Å²) in [6, 6.07) is 28.3. The molecule has 4 amide bonds. The lowest BCUT2D eigenvalue weighted by Crippen LogP contribution is -2.48. The fourth-order valence-electron chi connectivity index (χ4n) is 10.2. The van der Waals surface area contributed by atoms with Gasteiger partial charge in [0.15, 0.2) is 28.1 Å². The monoisotopic (exact) mass is 1420 g/mol. The average molecular weight is 1430 g/mol. The number of likely N-dealkylation sites (tertiary alicyclic amines) is 1. The molecule has 2 fully saturated rings. The number of carbonyl (C=O) groups is 5. The first-order valence-electron chi connectivity index (χ1n) is 29.3. The van der Waals surface area contributed by atoms with Gasteiger partial charge in [-0.2, -0.15) is 4.98 Å². The van der Waals surface area contributed by atoms with Crippen LogP contribution in [-0.2, 0) is 17.8 Å². The molecular formula is C64H70Br2N18O9S. The molecular weight excluding hydrogens is 1360 g/mol. The molecule has 2 aliphatic rings. The van der Waals surface area contributed by atoms with Gasteiger partial charge < -0.3 is 39.7 Å². The molecule has 0 saturated carbocycles. The Morgan fingerprint density at radius 3 is 1.48 bits per heavy atom. The number of pyridine rings is 4. The summed E-state index contributed by atoms with van der Waals surface area (Å²) in [5.41, 5.74) is 3.58. The number of benzene rings is 1. The molecule has 0 atom stereocenters. The van der Waals surface area contributed by atoms with E-state index in [1.54, 1.807) is 131 Å². The number of fused-ring (bicyclic) bond motifs is 2. The van der Waals surface area contributed by atoms with E-state index in [0.717, 1.165) is 63.2 Å². The van der Waals surface area contributed by atoms with Gasteiger partial charge in [-0.05, 0) is 142 Å². The largest absolute Gasteiger partial charge is 0.477 e. The zero-order valence-corrected chi connectivity index (χ0v) is 57.0. The zero-order chi connectivity index (χ0) is 68.0. The Hall–Kier alpha value is -9.94. The number of rotatable bonds is 14. The lowest BCUT2D eigenvalue weighted by atomic mass is 9.71. The van der Waals surface area contributed by atoms with Crippen molar-refractivity contribution in [3.05, 3.63) is 187 Å². The number of halogens is 2. The Balaban J connectivity index is 0.000000195. The molecule has 27 nitrogen and oxygen atoms in total. The van der Waals surface area contributed by atoms with E-state index in [0.29, 0.717) is 65.1 Å². The molecule has 1 aromatic carbocycles. The quantitative estimate of drug-likeness (QED) is 0.0445. The van der Waals surface area contributed by atoms with E-state index in [-0.39, 0.29) is 65.1 Å². The SMILES string of the molecule is C=CCn1c(=O)c2cnc(Nc3ccc(N4CCC5(CCN(C(=O)OC)CC5)CC4)cc3)nc2n1-c1cccc(C(=O)N(C)C)n1.C=CCn1c(=O)c2cnc(SC)nc2n1-c1cccc(C(=O)N(C)C)n1.CN(C)C(=O)c1cccc(Br)n1.O=C(O)c1cccc(Br)n1. The fourth-order valence-corrected chi connectivity index (χ4v) is 11.2. The van der Waals surface area contributed by atoms with Crippen molar-refractivity contribution in [3.63, 3.8) is 0 Å². The van der Waals surface area contributed by atoms with Crippen molar-refractivity contribution in [1.82, 2.24) is 78.2 Å². The number of carboxylic acids is 1. The Morgan fingerprint density at radius 2 is 1.04 bits per heavy atom. The average Bonchev–Trinajstić information content (AvgIpc) is 1.60. The Kier molecular flexibility index (Phi) is 23.5. The van der Waals surface area contributed by atoms with Crippen molar-refractivity contribution >= 4 is 113 Å². The second-order valence-corrected chi connectivity index (χ2v) is 24.4. The number of nitrogens with one attached hydrogen (secondary N) is 1. The minimum atomic E-state index is -1.01. The van der Waals surface area contributed by atoms with Crippen LogP contribution in [0.4, 0.5) is 22.1 Å². The lowest BCUT2D eigenvalue weighted by molar-refractivity contribution is 0.0645. The van der Waals surface area contributed by atoms with Crippen LogP contribution in [0.2, 0.25) is 0 Å². The van der Waals surface area contributed by atoms with E-state index < -0.39 is 5.97 Å². The maximum atomic E-state index is 13.3. The zero-order valence-electron chi connectivity index (χ0n) is 53.0. The van der Waals surface area contributed by atoms with Gasteiger partial charge in [-0.3, -0.25) is 24.0 Å². The highest BCUT2D eigenvalue weighted by Crippen LogP contribution is 2.42. The highest BCUT2D eigenvalue weighted by Gasteiger charge is 2.39. The number of carboxylic acid groups (broad SMARTS) is 1. The molecule has 9 aromatic rings. The minimum Gasteiger partial charge on any atom is -0.477 e. The van der Waals surface area contributed by atoms with E-state index in [2.05, 4.69) is 102 Å². The molecule has 30 heteroatoms. The molecule has 0 bridgehead atoms. The van der Waals surface area contributed by atoms with E-state index >= 15 is 0 Å². The first-order chi connectivity index (χ1) is 45.0. The van der Waals surface area contributed by atoms with Crippen molar-refractivity contribution in [2.75, 3.05) is 92.0 Å². The van der Waals surface area contributed by atoms with Crippen LogP contribution in [0.3, 0.4) is 0 Å². The molecule has 0 unspecified atom stereocenters. The van der Waals surface area contributed by atoms with Crippen LogP contribution in [0.1, 0.15) is 67.6 Å². The van der Waals surface area contributed by atoms with Gasteiger partial charge in [-0.15, -0.1) is 13.2 Å². The fraction of sp³-hybridized carbons (Fsp3) is 0.297. The molecule has 94 heavy (non-hydrogen) atoms. The number of anilines is 3. The van der Waals surface area contributed by atoms with E-state index in [4.69, 9.17) is 14.8 Å². The normalized spacial score (nSPS) is 13.0. The van der Waals surface area contributed by atoms with E-state index in [1.807, 2.05) is 23.3 Å². The van der Waals surface area contributed by atoms with Gasteiger partial charge in [-0.1, -0.05) is 48.2 Å². The number of piperidine rings is 2. The molecule has 2 aliphatic heterocycles. The van der Waals surface area contributed by atoms with Crippen LogP contribution in [0.15, 0.2) is 159 Å². The number of aromatic nitrogens is 12. The van der Waals surface area contributed by atoms with Gasteiger partial charge in [0.05, 0.1) is 20.2 Å². The van der Waals surface area contributed by atoms with Crippen LogP contribution in [0.25, 0.3) is 33.7 Å². The number of methoxy groups -OCH3 is 1. The van der Waals surface area contributed by atoms with Gasteiger partial charge in [0, 0.05) is 92.2 Å². The van der Waals surface area contributed by atoms with Gasteiger partial charge in [0.2, 0.25) is 5.95 Å². The van der Waals surface area contributed by atoms with Crippen molar-refractivity contribution in [2.45, 2.75) is 43.9 Å². The van der Waals surface area contributed by atoms with Crippen LogP contribution in [-0.4, -0.2) is 195 Å². The summed E-state index contributed by atoms with van der Waals surface area (Å²) in [5.74, 6) is -0.437. The molecule has 8 aromatic heterocycles. The maximum Gasteiger partial charge on any atom is 0.409 e. The van der Waals surface area contributed by atoms with E-state index in [9.17, 15) is 33.6 Å². The number of carbonyl (C=O) groups excluding carboxylic acids is 4. The van der Waals surface area contributed by atoms with Crippen molar-refractivity contribution < 1.29 is 33.8 Å². The summed E-state index contributed by atoms with van der Waals surface area (Å²) in [6.45, 7) is 11.5. The number of thioether (sulfide) groups is 1. The van der Waals surface area contributed by atoms with Gasteiger partial charge >= 0.3 is 12.1 Å². The third-order valence-electron chi connectivity index (χ3n) is 15.1. The summed E-state index contributed by atoms with van der Waals surface area (Å²) >= 11 is 7.63. The molecule has 490 valence electrons. The summed E-state index contributed by atoms with van der Waals surface area (Å²) in [4.78, 5) is 128. The summed E-state index contributed by atoms with van der Waals surface area (Å²) in [7, 11) is 11.5. The molecule has 2 N–H and O–H groups in total. The topological polar surface area (TPSA) is 300 Å². The molecule has 2 saturated heterocycles. The van der Waals surface area contributed by atoms with Gasteiger partial charge in [-0.25, -0.2) is 63.2 Å². The molecule has 10 heterocycles. The predicted octanol–water partition coefficient (Wildman–Crippen LogP) is 8.73. The Labute approximate surface area is 562 Å². The third kappa shape index (κ3) is 16.6. The number of aromatic carboxylic acids is 1. The van der Waals surface area contributed by atoms with Crippen LogP contribution >= 0.6 is 43.6 Å². The summed E-state index contributed by atoms with van der Waals surface area (Å²) in [6.07, 6.45) is 12.1. The second-order valence-electron chi connectivity index (χ2n) is 22.0. The van der Waals surface area contributed by atoms with Gasteiger partial charge in [0.1, 0.15) is 42.8 Å². The standard InChI is InChI=1S/C33H39N9O4.C17H18N6O2S.C8H9BrN2O.C6H4BrNO2/c1-5-17-41-29(43)25-22-34-31(37-28(25)42(41)27-8-6-7-26(36-27)30(44)38(2)3)35-23-9-11-24(12-10-23)39-18-13-33(14-19-39)15-20-40(21-16-33)32(45)46-4;1-5-9-22-15(24)11-10-18-17(26-4)20-14(11)23(22)13-8-6-7-12(19-13)16(25)21(2)3;1-11(2)8(12)6-4-3-5-7(9)10-6;7-5-3-1-2-4(8-5)6(9)10/h5-12,22H,1,13-21H2,2-4H3,(H,34,35,37);5-8,10H,1,9H2,2-4H3;3-5H,1-2H3;1-3H,(H,9,10). The van der Waals surface area contributed by atoms with Crippen LogP contribution in [0.5, 0.6) is 0 Å². The first-order valence-corrected chi connectivity index (χ1v) is 32.1. The van der Waals surface area contributed by atoms with Crippen molar-refractivity contribution in [3.8, 4) is 11.6 Å². The predicted molar refractivity (Wildman–Crippen MR) is 366 cm³/mol. The third-order valence-corrected chi connectivity index (χ3v) is 16.6. The number of hydrogen-bond acceptors (Lipinski definition) is 19. The number of nitrogens with zero attached hydrogens (tertiary/aromatic N) is 17. The highest BCUT2D eigenvalue weighted by molar-refractivity contribution is 9.10. The Morgan fingerprint density at radius 1 is 0.606 bits per heavy atom. The smallest absolute Gasteiger partial charge is 0.409 e. The molecule has 11 rings (SSSR count). The van der Waals surface area contributed by atoms with Crippen molar-refractivity contribution in [1.29, 1.82) is 0 Å². The van der Waals surface area contributed by atoms with E-state index in [1.165, 1.54) is 61.4 Å². The molecule has 0 radical (unpaired) electrons. The van der Waals surface area contributed by atoms with Crippen LogP contribution in [0, 0.1) is 5.41 Å². The second kappa shape index (κ2) is 31.6. The van der Waals surface area contributed by atoms with Crippen LogP contribution < -0.4 is 21.3 Å². The molecule has 0 aliphatic carbocycles. The maximum absolute atomic E-state index is 13.3. The molecule has 1 spiro atoms. The number of allylic oxidation sites excluding steroid dienone is 2. The number of hydrogen-bond donors (Lipinski definition) is 2.